The molecular weight excluding hydrogens is 262 g/mol. The molecule has 0 fully saturated rings. The summed E-state index contributed by atoms with van der Waals surface area (Å²) >= 11 is 8.81. The van der Waals surface area contributed by atoms with Crippen molar-refractivity contribution < 1.29 is 0 Å². The zero-order chi connectivity index (χ0) is 11.5. The summed E-state index contributed by atoms with van der Waals surface area (Å²) in [6.07, 6.45) is 1.60. The molecule has 0 bridgehead atoms. The Balaban J connectivity index is 2.08. The highest BCUT2D eigenvalue weighted by molar-refractivity contribution is 7.16. The van der Waals surface area contributed by atoms with Gasteiger partial charge in [0.25, 0.3) is 0 Å². The number of halogens is 1. The lowest BCUT2D eigenvalue weighted by atomic mass is 10.4. The van der Waals surface area contributed by atoms with E-state index in [1.807, 2.05) is 24.1 Å². The van der Waals surface area contributed by atoms with Crippen LogP contribution in [0.4, 0.5) is 5.13 Å². The van der Waals surface area contributed by atoms with Gasteiger partial charge in [-0.1, -0.05) is 22.9 Å². The summed E-state index contributed by atoms with van der Waals surface area (Å²) in [4.78, 5) is 8.00. The highest BCUT2D eigenvalue weighted by atomic mass is 35.5. The molecule has 0 atom stereocenters. The van der Waals surface area contributed by atoms with Crippen LogP contribution in [-0.2, 0) is 6.54 Å². The zero-order valence-corrected chi connectivity index (χ0v) is 10.9. The van der Waals surface area contributed by atoms with Crippen LogP contribution in [0.2, 0.25) is 4.34 Å². The van der Waals surface area contributed by atoms with Gasteiger partial charge in [-0.05, 0) is 12.1 Å². The molecule has 0 aliphatic heterocycles. The Kier molecular flexibility index (Phi) is 3.44. The van der Waals surface area contributed by atoms with E-state index in [1.54, 1.807) is 17.5 Å². The van der Waals surface area contributed by atoms with Gasteiger partial charge in [-0.25, -0.2) is 4.98 Å². The minimum Gasteiger partial charge on any atom is -0.346 e. The second-order valence-corrected chi connectivity index (χ2v) is 5.99. The number of hydrogen-bond donors (Lipinski definition) is 0. The molecule has 0 radical (unpaired) electrons. The number of nitriles is 1. The molecule has 0 N–H and O–H groups in total. The third kappa shape index (κ3) is 2.53. The second-order valence-electron chi connectivity index (χ2n) is 3.18. The maximum Gasteiger partial charge on any atom is 0.186 e. The largest absolute Gasteiger partial charge is 0.346 e. The molecule has 6 heteroatoms. The van der Waals surface area contributed by atoms with Crippen LogP contribution >= 0.6 is 34.3 Å². The van der Waals surface area contributed by atoms with Gasteiger partial charge < -0.3 is 4.90 Å². The van der Waals surface area contributed by atoms with Crippen LogP contribution in [0.3, 0.4) is 0 Å². The molecular formula is C10H8ClN3S2. The van der Waals surface area contributed by atoms with Gasteiger partial charge in [-0.2, -0.15) is 5.26 Å². The van der Waals surface area contributed by atoms with Crippen molar-refractivity contribution in [2.75, 3.05) is 11.9 Å². The van der Waals surface area contributed by atoms with Gasteiger partial charge in [0, 0.05) is 11.9 Å². The van der Waals surface area contributed by atoms with E-state index in [0.717, 1.165) is 16.0 Å². The molecule has 0 spiro atoms. The lowest BCUT2D eigenvalue weighted by molar-refractivity contribution is 0.931. The lowest BCUT2D eigenvalue weighted by Gasteiger charge is -2.13. The van der Waals surface area contributed by atoms with Gasteiger partial charge in [-0.3, -0.25) is 0 Å². The number of nitrogens with zero attached hydrogens (tertiary/aromatic N) is 3. The summed E-state index contributed by atoms with van der Waals surface area (Å²) in [7, 11) is 1.95. The molecule has 0 aromatic carbocycles. The van der Waals surface area contributed by atoms with Crippen molar-refractivity contribution in [3.63, 3.8) is 0 Å². The Labute approximate surface area is 107 Å². The van der Waals surface area contributed by atoms with Crippen molar-refractivity contribution in [2.24, 2.45) is 0 Å². The van der Waals surface area contributed by atoms with E-state index in [-0.39, 0.29) is 0 Å². The van der Waals surface area contributed by atoms with E-state index in [9.17, 15) is 0 Å². The number of anilines is 1. The number of thiazole rings is 1. The van der Waals surface area contributed by atoms with Crippen molar-refractivity contribution in [2.45, 2.75) is 6.54 Å². The van der Waals surface area contributed by atoms with Crippen LogP contribution < -0.4 is 4.90 Å². The van der Waals surface area contributed by atoms with Gasteiger partial charge in [-0.15, -0.1) is 11.3 Å². The average Bonchev–Trinajstić information content (AvgIpc) is 2.87. The fraction of sp³-hybridized carbons (Fsp3) is 0.200. The maximum absolute atomic E-state index is 8.71. The summed E-state index contributed by atoms with van der Waals surface area (Å²) in [5, 5.41) is 9.56. The normalized spacial score (nSPS) is 10.1. The van der Waals surface area contributed by atoms with Gasteiger partial charge in [0.05, 0.1) is 17.1 Å². The van der Waals surface area contributed by atoms with Crippen molar-refractivity contribution in [3.8, 4) is 6.07 Å². The molecule has 2 aromatic heterocycles. The molecule has 0 aliphatic carbocycles. The standard InChI is InChI=1S/C10H8ClN3S2/c1-14(6-7-2-3-9(11)15-7)10-13-5-8(4-12)16-10/h2-3,5H,6H2,1H3. The second kappa shape index (κ2) is 4.83. The van der Waals surface area contributed by atoms with Gasteiger partial charge >= 0.3 is 0 Å². The molecule has 0 unspecified atom stereocenters. The minimum atomic E-state index is 0.631. The van der Waals surface area contributed by atoms with Gasteiger partial charge in [0.15, 0.2) is 5.13 Å². The van der Waals surface area contributed by atoms with E-state index in [0.29, 0.717) is 4.88 Å². The molecule has 0 amide bonds. The SMILES string of the molecule is CN(Cc1ccc(Cl)s1)c1ncc(C#N)s1. The molecule has 3 nitrogen and oxygen atoms in total. The molecule has 2 rings (SSSR count). The Morgan fingerprint density at radius 2 is 2.31 bits per heavy atom. The lowest BCUT2D eigenvalue weighted by Crippen LogP contribution is -2.14. The summed E-state index contributed by atoms with van der Waals surface area (Å²) < 4.78 is 0.792. The van der Waals surface area contributed by atoms with Crippen molar-refractivity contribution >= 4 is 39.4 Å². The van der Waals surface area contributed by atoms with Crippen molar-refractivity contribution in [3.05, 3.63) is 32.4 Å². The highest BCUT2D eigenvalue weighted by Gasteiger charge is 2.08. The average molecular weight is 270 g/mol. The first-order valence-electron chi connectivity index (χ1n) is 4.50. The summed E-state index contributed by atoms with van der Waals surface area (Å²) in [6.45, 7) is 0.760. The van der Waals surface area contributed by atoms with Crippen LogP contribution in [0.5, 0.6) is 0 Å². The fourth-order valence-electron chi connectivity index (χ4n) is 1.23. The topological polar surface area (TPSA) is 39.9 Å². The van der Waals surface area contributed by atoms with Crippen LogP contribution in [-0.4, -0.2) is 12.0 Å². The number of aromatic nitrogens is 1. The summed E-state index contributed by atoms with van der Waals surface area (Å²) in [6, 6.07) is 5.97. The van der Waals surface area contributed by atoms with Crippen molar-refractivity contribution in [1.82, 2.24) is 4.98 Å². The summed E-state index contributed by atoms with van der Waals surface area (Å²) in [5.41, 5.74) is 0. The van der Waals surface area contributed by atoms with E-state index < -0.39 is 0 Å². The van der Waals surface area contributed by atoms with Crippen molar-refractivity contribution in [1.29, 1.82) is 5.26 Å². The predicted molar refractivity (Wildman–Crippen MR) is 68.3 cm³/mol. The first kappa shape index (κ1) is 11.4. The molecule has 2 aromatic rings. The quantitative estimate of drug-likeness (QED) is 0.858. The van der Waals surface area contributed by atoms with E-state index >= 15 is 0 Å². The molecule has 0 saturated heterocycles. The monoisotopic (exact) mass is 269 g/mol. The Morgan fingerprint density at radius 3 is 2.88 bits per heavy atom. The first-order chi connectivity index (χ1) is 7.69. The van der Waals surface area contributed by atoms with Crippen LogP contribution in [0.1, 0.15) is 9.75 Å². The Bertz CT molecular complexity index is 526. The smallest absolute Gasteiger partial charge is 0.186 e. The Morgan fingerprint density at radius 1 is 1.50 bits per heavy atom. The first-order valence-corrected chi connectivity index (χ1v) is 6.51. The third-order valence-electron chi connectivity index (χ3n) is 1.95. The zero-order valence-electron chi connectivity index (χ0n) is 8.48. The van der Waals surface area contributed by atoms with E-state index in [2.05, 4.69) is 11.1 Å². The highest BCUT2D eigenvalue weighted by Crippen LogP contribution is 2.26. The molecule has 0 aliphatic rings. The molecule has 2 heterocycles. The third-order valence-corrected chi connectivity index (χ3v) is 4.18. The minimum absolute atomic E-state index is 0.631. The molecule has 82 valence electrons. The molecule has 0 saturated carbocycles. The van der Waals surface area contributed by atoms with Gasteiger partial charge in [0.1, 0.15) is 10.9 Å². The Hall–Kier alpha value is -1.09. The molecule has 16 heavy (non-hydrogen) atoms. The number of thiophene rings is 1. The van der Waals surface area contributed by atoms with E-state index in [4.69, 9.17) is 16.9 Å². The number of hydrogen-bond acceptors (Lipinski definition) is 5. The maximum atomic E-state index is 8.71. The number of rotatable bonds is 3. The van der Waals surface area contributed by atoms with Crippen LogP contribution in [0.15, 0.2) is 18.3 Å². The van der Waals surface area contributed by atoms with E-state index in [1.165, 1.54) is 16.2 Å². The van der Waals surface area contributed by atoms with Crippen LogP contribution in [0, 0.1) is 11.3 Å². The van der Waals surface area contributed by atoms with Crippen LogP contribution in [0.25, 0.3) is 0 Å². The predicted octanol–water partition coefficient (Wildman–Crippen LogP) is 3.37. The summed E-state index contributed by atoms with van der Waals surface area (Å²) in [5.74, 6) is 0. The fourth-order valence-corrected chi connectivity index (χ4v) is 3.05. The van der Waals surface area contributed by atoms with Gasteiger partial charge in [0.2, 0.25) is 0 Å².